The summed E-state index contributed by atoms with van der Waals surface area (Å²) in [5, 5.41) is 3.51. The number of aromatic nitrogens is 1. The molecule has 6 nitrogen and oxygen atoms in total. The van der Waals surface area contributed by atoms with E-state index in [1.54, 1.807) is 60.3 Å². The first-order valence-electron chi connectivity index (χ1n) is 10.3. The molecule has 0 bridgehead atoms. The highest BCUT2D eigenvalue weighted by Crippen LogP contribution is 2.30. The van der Waals surface area contributed by atoms with Gasteiger partial charge in [0.25, 0.3) is 0 Å². The van der Waals surface area contributed by atoms with Crippen molar-refractivity contribution in [2.24, 2.45) is 0 Å². The van der Waals surface area contributed by atoms with Crippen LogP contribution in [0.1, 0.15) is 5.56 Å². The predicted molar refractivity (Wildman–Crippen MR) is 124 cm³/mol. The second-order valence-electron chi connectivity index (χ2n) is 7.40. The summed E-state index contributed by atoms with van der Waals surface area (Å²) < 4.78 is 33.2. The third-order valence-electron chi connectivity index (χ3n) is 5.30. The molecule has 4 aromatic rings. The van der Waals surface area contributed by atoms with E-state index >= 15 is 0 Å². The van der Waals surface area contributed by atoms with Crippen LogP contribution in [0.4, 0.5) is 0 Å². The van der Waals surface area contributed by atoms with Crippen LogP contribution < -0.4 is 10.1 Å². The highest BCUT2D eigenvalue weighted by molar-refractivity contribution is 7.91. The number of methoxy groups -OCH3 is 1. The molecule has 0 atom stereocenters. The van der Waals surface area contributed by atoms with Crippen molar-refractivity contribution in [3.8, 4) is 5.75 Å². The number of benzene rings is 3. The zero-order valence-electron chi connectivity index (χ0n) is 17.7. The number of amides is 1. The van der Waals surface area contributed by atoms with Crippen LogP contribution in [0.3, 0.4) is 0 Å². The van der Waals surface area contributed by atoms with Crippen molar-refractivity contribution in [1.29, 1.82) is 0 Å². The van der Waals surface area contributed by atoms with E-state index < -0.39 is 9.84 Å². The highest BCUT2D eigenvalue weighted by atomic mass is 32.2. The molecule has 1 heterocycles. The summed E-state index contributed by atoms with van der Waals surface area (Å²) in [5.74, 6) is 0.612. The Hall–Kier alpha value is -3.58. The maximum absolute atomic E-state index is 13.2. The molecule has 0 spiro atoms. The van der Waals surface area contributed by atoms with Gasteiger partial charge in [-0.25, -0.2) is 8.42 Å². The number of hydrogen-bond acceptors (Lipinski definition) is 4. The number of para-hydroxylation sites is 1. The molecule has 0 fully saturated rings. The number of hydrogen-bond donors (Lipinski definition) is 1. The molecule has 0 saturated heterocycles. The maximum Gasteiger partial charge on any atom is 0.239 e. The molecule has 4 rings (SSSR count). The molecular weight excluding hydrogens is 424 g/mol. The Labute approximate surface area is 187 Å². The normalized spacial score (nSPS) is 11.4. The van der Waals surface area contributed by atoms with Gasteiger partial charge in [0.15, 0.2) is 0 Å². The Morgan fingerprint density at radius 1 is 0.938 bits per heavy atom. The van der Waals surface area contributed by atoms with Gasteiger partial charge < -0.3 is 14.6 Å². The van der Waals surface area contributed by atoms with Gasteiger partial charge in [-0.1, -0.05) is 48.5 Å². The molecule has 0 radical (unpaired) electrons. The number of fused-ring (bicyclic) bond motifs is 1. The van der Waals surface area contributed by atoms with Gasteiger partial charge in [-0.05, 0) is 42.3 Å². The van der Waals surface area contributed by atoms with Gasteiger partial charge in [-0.15, -0.1) is 0 Å². The third kappa shape index (κ3) is 4.53. The lowest BCUT2D eigenvalue weighted by molar-refractivity contribution is -0.121. The zero-order chi connectivity index (χ0) is 22.6. The van der Waals surface area contributed by atoms with Crippen molar-refractivity contribution in [2.45, 2.75) is 22.8 Å². The van der Waals surface area contributed by atoms with Crippen LogP contribution in [0.5, 0.6) is 5.75 Å². The molecule has 1 amide bonds. The lowest BCUT2D eigenvalue weighted by Crippen LogP contribution is -2.29. The van der Waals surface area contributed by atoms with Gasteiger partial charge >= 0.3 is 0 Å². The fourth-order valence-corrected chi connectivity index (χ4v) is 5.13. The van der Waals surface area contributed by atoms with E-state index in [1.165, 1.54) is 0 Å². The minimum absolute atomic E-state index is 0.0352. The van der Waals surface area contributed by atoms with Gasteiger partial charge in [0.2, 0.25) is 15.7 Å². The van der Waals surface area contributed by atoms with E-state index in [9.17, 15) is 13.2 Å². The minimum Gasteiger partial charge on any atom is -0.497 e. The first-order chi connectivity index (χ1) is 15.5. The van der Waals surface area contributed by atoms with Crippen molar-refractivity contribution in [3.05, 3.63) is 90.6 Å². The monoisotopic (exact) mass is 448 g/mol. The minimum atomic E-state index is -3.70. The average Bonchev–Trinajstić information content (AvgIpc) is 3.19. The molecular formula is C25H24N2O4S. The number of carbonyl (C=O) groups is 1. The molecule has 0 aliphatic rings. The molecule has 0 aliphatic carbocycles. The smallest absolute Gasteiger partial charge is 0.239 e. The summed E-state index contributed by atoms with van der Waals surface area (Å²) in [4.78, 5) is 13.0. The highest BCUT2D eigenvalue weighted by Gasteiger charge is 2.23. The number of nitrogens with one attached hydrogen (secondary N) is 1. The van der Waals surface area contributed by atoms with Crippen molar-refractivity contribution >= 4 is 26.6 Å². The van der Waals surface area contributed by atoms with Crippen LogP contribution in [0, 0.1) is 0 Å². The molecule has 7 heteroatoms. The lowest BCUT2D eigenvalue weighted by atomic mass is 10.1. The number of sulfone groups is 1. The molecule has 1 N–H and O–H groups in total. The fourth-order valence-electron chi connectivity index (χ4n) is 3.63. The van der Waals surface area contributed by atoms with Crippen molar-refractivity contribution in [3.63, 3.8) is 0 Å². The van der Waals surface area contributed by atoms with Crippen molar-refractivity contribution in [1.82, 2.24) is 9.88 Å². The molecule has 0 unspecified atom stereocenters. The number of carbonyl (C=O) groups excluding carboxylic acids is 1. The van der Waals surface area contributed by atoms with Gasteiger partial charge in [0, 0.05) is 23.6 Å². The van der Waals surface area contributed by atoms with Crippen molar-refractivity contribution < 1.29 is 17.9 Å². The first-order valence-corrected chi connectivity index (χ1v) is 11.7. The summed E-state index contributed by atoms with van der Waals surface area (Å²) in [6, 6.07) is 23.2. The number of rotatable bonds is 8. The fraction of sp³-hybridized carbons (Fsp3) is 0.160. The van der Waals surface area contributed by atoms with Crippen LogP contribution in [0.2, 0.25) is 0 Å². The summed E-state index contributed by atoms with van der Waals surface area (Å²) in [6.45, 7) is 0.521. The Morgan fingerprint density at radius 3 is 2.34 bits per heavy atom. The van der Waals surface area contributed by atoms with E-state index in [0.29, 0.717) is 23.9 Å². The van der Waals surface area contributed by atoms with Crippen molar-refractivity contribution in [2.75, 3.05) is 13.7 Å². The van der Waals surface area contributed by atoms with Crippen LogP contribution in [-0.4, -0.2) is 32.5 Å². The number of nitrogens with zero attached hydrogens (tertiary/aromatic N) is 1. The molecule has 164 valence electrons. The maximum atomic E-state index is 13.2. The lowest BCUT2D eigenvalue weighted by Gasteiger charge is -2.08. The second-order valence-corrected chi connectivity index (χ2v) is 9.32. The molecule has 1 aromatic heterocycles. The molecule has 0 aliphatic heterocycles. The largest absolute Gasteiger partial charge is 0.497 e. The zero-order valence-corrected chi connectivity index (χ0v) is 18.5. The van der Waals surface area contributed by atoms with Crippen LogP contribution in [-0.2, 0) is 27.6 Å². The molecule has 32 heavy (non-hydrogen) atoms. The SMILES string of the molecule is COc1ccc(CCNC(=O)Cn2cc(S(=O)(=O)c3ccccc3)c3ccccc32)cc1. The quantitative estimate of drug-likeness (QED) is 0.444. The molecule has 3 aromatic carbocycles. The van der Waals surface area contributed by atoms with Gasteiger partial charge in [-0.3, -0.25) is 4.79 Å². The third-order valence-corrected chi connectivity index (χ3v) is 7.10. The van der Waals surface area contributed by atoms with E-state index in [4.69, 9.17) is 4.74 Å². The van der Waals surface area contributed by atoms with Crippen LogP contribution >= 0.6 is 0 Å². The Balaban J connectivity index is 1.50. The standard InChI is InChI=1S/C25H24N2O4S/c1-31-20-13-11-19(12-14-20)15-16-26-25(28)18-27-17-24(22-9-5-6-10-23(22)27)32(29,30)21-7-3-2-4-8-21/h2-14,17H,15-16,18H2,1H3,(H,26,28). The average molecular weight is 449 g/mol. The van der Waals surface area contributed by atoms with Gasteiger partial charge in [0.1, 0.15) is 12.3 Å². The molecule has 0 saturated carbocycles. The summed E-state index contributed by atoms with van der Waals surface area (Å²) in [7, 11) is -2.08. The Bertz CT molecular complexity index is 1330. The second kappa shape index (κ2) is 9.28. The Kier molecular flexibility index (Phi) is 6.28. The van der Waals surface area contributed by atoms with E-state index in [-0.39, 0.29) is 22.2 Å². The van der Waals surface area contributed by atoms with E-state index in [2.05, 4.69) is 5.32 Å². The van der Waals surface area contributed by atoms with Crippen LogP contribution in [0.15, 0.2) is 94.9 Å². The Morgan fingerprint density at radius 2 is 1.62 bits per heavy atom. The van der Waals surface area contributed by atoms with Gasteiger partial charge in [-0.2, -0.15) is 0 Å². The van der Waals surface area contributed by atoms with Gasteiger partial charge in [0.05, 0.1) is 16.9 Å². The van der Waals surface area contributed by atoms with E-state index in [1.807, 2.05) is 36.4 Å². The summed E-state index contributed by atoms with van der Waals surface area (Å²) >= 11 is 0. The topological polar surface area (TPSA) is 77.4 Å². The predicted octanol–water partition coefficient (Wildman–Crippen LogP) is 3.84. The summed E-state index contributed by atoms with van der Waals surface area (Å²) in [6.07, 6.45) is 2.24. The number of ether oxygens (including phenoxy) is 1. The van der Waals surface area contributed by atoms with Crippen LogP contribution in [0.25, 0.3) is 10.9 Å². The summed E-state index contributed by atoms with van der Waals surface area (Å²) in [5.41, 5.74) is 1.79. The first kappa shape index (κ1) is 21.6. The van der Waals surface area contributed by atoms with E-state index in [0.717, 1.165) is 11.3 Å².